The summed E-state index contributed by atoms with van der Waals surface area (Å²) in [4.78, 5) is 0. The summed E-state index contributed by atoms with van der Waals surface area (Å²) in [7, 11) is 1.16. The van der Waals surface area contributed by atoms with E-state index in [4.69, 9.17) is 0 Å². The molecule has 1 heterocycles. The van der Waals surface area contributed by atoms with Gasteiger partial charge in [0.25, 0.3) is 0 Å². The van der Waals surface area contributed by atoms with Gasteiger partial charge in [-0.2, -0.15) is 0 Å². The van der Waals surface area contributed by atoms with E-state index in [0.29, 0.717) is 0 Å². The average molecular weight is 145 g/mol. The van der Waals surface area contributed by atoms with E-state index < -0.39 is 0 Å². The zero-order valence-electron chi connectivity index (χ0n) is 6.11. The maximum atomic E-state index is 3.42. The van der Waals surface area contributed by atoms with Crippen LogP contribution in [0.4, 0.5) is 0 Å². The quantitative estimate of drug-likeness (QED) is 0.550. The van der Waals surface area contributed by atoms with E-state index in [-0.39, 0.29) is 0 Å². The fraction of sp³-hybridized carbons (Fsp3) is 1.00. The number of hydrogen-bond donors (Lipinski definition) is 1. The van der Waals surface area contributed by atoms with Crippen LogP contribution >= 0.6 is 8.58 Å². The van der Waals surface area contributed by atoms with Crippen molar-refractivity contribution in [3.8, 4) is 0 Å². The van der Waals surface area contributed by atoms with Gasteiger partial charge in [-0.05, 0) is 44.7 Å². The number of rotatable bonds is 1. The van der Waals surface area contributed by atoms with Gasteiger partial charge in [-0.3, -0.25) is 0 Å². The minimum absolute atomic E-state index is 1.04. The van der Waals surface area contributed by atoms with Gasteiger partial charge in [-0.25, -0.2) is 0 Å². The SMILES string of the molecule is CPC1CCCNCC1. The van der Waals surface area contributed by atoms with Crippen LogP contribution in [0.15, 0.2) is 0 Å². The molecular weight excluding hydrogens is 129 g/mol. The Morgan fingerprint density at radius 3 is 3.00 bits per heavy atom. The zero-order chi connectivity index (χ0) is 6.53. The summed E-state index contributed by atoms with van der Waals surface area (Å²) in [5.74, 6) is 0. The van der Waals surface area contributed by atoms with Gasteiger partial charge in [0, 0.05) is 0 Å². The van der Waals surface area contributed by atoms with E-state index >= 15 is 0 Å². The molecule has 1 aliphatic heterocycles. The molecule has 0 radical (unpaired) electrons. The first kappa shape index (κ1) is 7.50. The minimum atomic E-state index is 1.04. The number of nitrogens with one attached hydrogen (secondary N) is 1. The third kappa shape index (κ3) is 2.64. The van der Waals surface area contributed by atoms with Crippen LogP contribution in [-0.4, -0.2) is 25.4 Å². The van der Waals surface area contributed by atoms with Gasteiger partial charge in [-0.1, -0.05) is 0 Å². The Labute approximate surface area is 59.4 Å². The van der Waals surface area contributed by atoms with Crippen molar-refractivity contribution in [3.05, 3.63) is 0 Å². The molecule has 2 atom stereocenters. The highest BCUT2D eigenvalue weighted by Crippen LogP contribution is 2.23. The molecule has 0 aliphatic carbocycles. The third-order valence-corrected chi connectivity index (χ3v) is 3.38. The Morgan fingerprint density at radius 2 is 2.22 bits per heavy atom. The smallest absolute Gasteiger partial charge is 0.00430 e. The van der Waals surface area contributed by atoms with Crippen LogP contribution < -0.4 is 5.32 Å². The summed E-state index contributed by atoms with van der Waals surface area (Å²) in [5, 5.41) is 3.42. The van der Waals surface area contributed by atoms with Gasteiger partial charge in [0.1, 0.15) is 0 Å². The highest BCUT2D eigenvalue weighted by Gasteiger charge is 2.07. The fourth-order valence-corrected chi connectivity index (χ4v) is 2.23. The van der Waals surface area contributed by atoms with E-state index in [1.165, 1.54) is 32.4 Å². The molecule has 54 valence electrons. The fourth-order valence-electron chi connectivity index (χ4n) is 1.31. The first-order valence-electron chi connectivity index (χ1n) is 3.81. The first-order valence-corrected chi connectivity index (χ1v) is 5.39. The largest absolute Gasteiger partial charge is 0.317 e. The van der Waals surface area contributed by atoms with Crippen LogP contribution in [0.1, 0.15) is 19.3 Å². The van der Waals surface area contributed by atoms with Gasteiger partial charge < -0.3 is 5.32 Å². The summed E-state index contributed by atoms with van der Waals surface area (Å²) in [6.07, 6.45) is 4.27. The predicted octanol–water partition coefficient (Wildman–Crippen LogP) is 1.44. The van der Waals surface area contributed by atoms with Gasteiger partial charge in [0.2, 0.25) is 0 Å². The highest BCUT2D eigenvalue weighted by atomic mass is 31.1. The molecule has 9 heavy (non-hydrogen) atoms. The van der Waals surface area contributed by atoms with Gasteiger partial charge in [0.05, 0.1) is 0 Å². The van der Waals surface area contributed by atoms with Crippen LogP contribution in [0.5, 0.6) is 0 Å². The van der Waals surface area contributed by atoms with Gasteiger partial charge in [0.15, 0.2) is 0 Å². The van der Waals surface area contributed by atoms with E-state index in [9.17, 15) is 0 Å². The van der Waals surface area contributed by atoms with Crippen molar-refractivity contribution in [2.45, 2.75) is 24.9 Å². The highest BCUT2D eigenvalue weighted by molar-refractivity contribution is 7.37. The standard InChI is InChI=1S/C7H16NP/c1-9-7-3-2-5-8-6-4-7/h7-9H,2-6H2,1H3. The van der Waals surface area contributed by atoms with Crippen LogP contribution in [0.2, 0.25) is 0 Å². The first-order chi connectivity index (χ1) is 4.43. The van der Waals surface area contributed by atoms with E-state index in [0.717, 1.165) is 14.2 Å². The Kier molecular flexibility index (Phi) is 3.54. The molecule has 1 nitrogen and oxygen atoms in total. The summed E-state index contributed by atoms with van der Waals surface area (Å²) in [5.41, 5.74) is 1.04. The molecule has 0 amide bonds. The monoisotopic (exact) mass is 145 g/mol. The van der Waals surface area contributed by atoms with Gasteiger partial charge in [-0.15, -0.1) is 8.58 Å². The lowest BCUT2D eigenvalue weighted by Crippen LogP contribution is -2.14. The van der Waals surface area contributed by atoms with Gasteiger partial charge >= 0.3 is 0 Å². The Morgan fingerprint density at radius 1 is 1.33 bits per heavy atom. The Hall–Kier alpha value is 0.390. The molecule has 0 aromatic carbocycles. The second-order valence-electron chi connectivity index (χ2n) is 2.67. The summed E-state index contributed by atoms with van der Waals surface area (Å²) >= 11 is 0. The van der Waals surface area contributed by atoms with Crippen molar-refractivity contribution >= 4 is 8.58 Å². The molecule has 1 saturated heterocycles. The number of hydrogen-bond acceptors (Lipinski definition) is 1. The van der Waals surface area contributed by atoms with Crippen LogP contribution in [-0.2, 0) is 0 Å². The van der Waals surface area contributed by atoms with Crippen molar-refractivity contribution in [2.24, 2.45) is 0 Å². The Bertz CT molecular complexity index is 67.3. The molecule has 1 aliphatic rings. The second-order valence-corrected chi connectivity index (χ2v) is 4.06. The van der Waals surface area contributed by atoms with Crippen molar-refractivity contribution in [3.63, 3.8) is 0 Å². The topological polar surface area (TPSA) is 12.0 Å². The van der Waals surface area contributed by atoms with Crippen molar-refractivity contribution in [1.82, 2.24) is 5.32 Å². The molecule has 0 aromatic heterocycles. The minimum Gasteiger partial charge on any atom is -0.317 e. The molecular formula is C7H16NP. The zero-order valence-corrected chi connectivity index (χ0v) is 7.11. The lowest BCUT2D eigenvalue weighted by Gasteiger charge is -2.08. The maximum absolute atomic E-state index is 3.42. The van der Waals surface area contributed by atoms with Crippen LogP contribution in [0.3, 0.4) is 0 Å². The van der Waals surface area contributed by atoms with Crippen LogP contribution in [0.25, 0.3) is 0 Å². The van der Waals surface area contributed by atoms with Crippen molar-refractivity contribution in [1.29, 1.82) is 0 Å². The normalized spacial score (nSPS) is 31.0. The molecule has 1 fully saturated rings. The average Bonchev–Trinajstić information content (AvgIpc) is 2.13. The summed E-state index contributed by atoms with van der Waals surface area (Å²) in [6, 6.07) is 0. The Balaban J connectivity index is 2.18. The molecule has 0 aromatic rings. The molecule has 0 spiro atoms. The van der Waals surface area contributed by atoms with Crippen molar-refractivity contribution < 1.29 is 0 Å². The molecule has 1 N–H and O–H groups in total. The third-order valence-electron chi connectivity index (χ3n) is 1.98. The van der Waals surface area contributed by atoms with E-state index in [1.807, 2.05) is 0 Å². The molecule has 0 bridgehead atoms. The molecule has 2 unspecified atom stereocenters. The molecule has 2 heteroatoms. The summed E-state index contributed by atoms with van der Waals surface area (Å²) in [6.45, 7) is 4.84. The molecule has 0 saturated carbocycles. The predicted molar refractivity (Wildman–Crippen MR) is 44.7 cm³/mol. The second kappa shape index (κ2) is 4.24. The summed E-state index contributed by atoms with van der Waals surface area (Å²) < 4.78 is 0. The molecule has 1 rings (SSSR count). The van der Waals surface area contributed by atoms with E-state index in [1.54, 1.807) is 0 Å². The lowest BCUT2D eigenvalue weighted by molar-refractivity contribution is 0.703. The van der Waals surface area contributed by atoms with E-state index in [2.05, 4.69) is 12.0 Å². The lowest BCUT2D eigenvalue weighted by atomic mass is 10.2. The van der Waals surface area contributed by atoms with Crippen molar-refractivity contribution in [2.75, 3.05) is 19.8 Å². The maximum Gasteiger partial charge on any atom is -0.00430 e. The van der Waals surface area contributed by atoms with Crippen LogP contribution in [0, 0.1) is 0 Å².